The predicted octanol–water partition coefficient (Wildman–Crippen LogP) is 5.35. The number of nitrogens with zero attached hydrogens (tertiary/aromatic N) is 5. The van der Waals surface area contributed by atoms with Crippen LogP contribution in [-0.4, -0.2) is 37.7 Å². The van der Waals surface area contributed by atoms with E-state index in [1.807, 2.05) is 42.5 Å². The summed E-state index contributed by atoms with van der Waals surface area (Å²) in [6, 6.07) is 13.3. The Kier molecular flexibility index (Phi) is 7.16. The SMILES string of the molecule is COC(c1ccccn1)c1nc2nc(C3NOC(=O)N3)nc(-c3cccc(Cl)c3)c2n1CC1CCC(C)CC1. The van der Waals surface area contributed by atoms with Crippen molar-refractivity contribution in [3.05, 3.63) is 71.0 Å². The zero-order chi connectivity index (χ0) is 26.9. The number of nitrogens with one attached hydrogen (secondary N) is 2. The van der Waals surface area contributed by atoms with Crippen molar-refractivity contribution in [2.75, 3.05) is 7.11 Å². The average Bonchev–Trinajstić information content (AvgIpc) is 3.54. The highest BCUT2D eigenvalue weighted by Gasteiger charge is 2.32. The van der Waals surface area contributed by atoms with E-state index in [2.05, 4.69) is 27.3 Å². The molecule has 6 rings (SSSR count). The highest BCUT2D eigenvalue weighted by molar-refractivity contribution is 6.30. The average molecular weight is 548 g/mol. The molecule has 4 aromatic rings. The monoisotopic (exact) mass is 547 g/mol. The second-order valence-electron chi connectivity index (χ2n) is 10.3. The Bertz CT molecular complexity index is 1490. The number of benzene rings is 1. The Hall–Kier alpha value is -3.60. The molecule has 11 heteroatoms. The molecule has 2 N–H and O–H groups in total. The van der Waals surface area contributed by atoms with E-state index in [9.17, 15) is 4.79 Å². The van der Waals surface area contributed by atoms with Crippen molar-refractivity contribution >= 4 is 28.9 Å². The fraction of sp³-hybridized carbons (Fsp3) is 0.393. The van der Waals surface area contributed by atoms with Crippen molar-refractivity contribution in [1.82, 2.24) is 35.3 Å². The second kappa shape index (κ2) is 10.9. The minimum atomic E-state index is -0.720. The van der Waals surface area contributed by atoms with Crippen LogP contribution in [-0.2, 0) is 16.1 Å². The number of amides is 1. The lowest BCUT2D eigenvalue weighted by Crippen LogP contribution is -2.25. The number of hydroxylamine groups is 1. The molecule has 202 valence electrons. The molecule has 2 atom stereocenters. The van der Waals surface area contributed by atoms with E-state index in [-0.39, 0.29) is 0 Å². The molecule has 1 aliphatic carbocycles. The van der Waals surface area contributed by atoms with Gasteiger partial charge < -0.3 is 14.1 Å². The lowest BCUT2D eigenvalue weighted by Gasteiger charge is -2.28. The van der Waals surface area contributed by atoms with E-state index in [4.69, 9.17) is 36.1 Å². The van der Waals surface area contributed by atoms with Gasteiger partial charge in [0.25, 0.3) is 0 Å². The molecule has 3 aromatic heterocycles. The summed E-state index contributed by atoms with van der Waals surface area (Å²) >= 11 is 6.42. The summed E-state index contributed by atoms with van der Waals surface area (Å²) in [6.45, 7) is 3.07. The van der Waals surface area contributed by atoms with Gasteiger partial charge in [-0.15, -0.1) is 5.48 Å². The molecule has 2 fully saturated rings. The first-order chi connectivity index (χ1) is 19.0. The number of halogens is 1. The van der Waals surface area contributed by atoms with E-state index in [0.717, 1.165) is 42.1 Å². The number of fused-ring (bicyclic) bond motifs is 1. The zero-order valence-corrected chi connectivity index (χ0v) is 22.6. The van der Waals surface area contributed by atoms with Crippen LogP contribution >= 0.6 is 11.6 Å². The van der Waals surface area contributed by atoms with Crippen molar-refractivity contribution in [2.45, 2.75) is 51.4 Å². The maximum atomic E-state index is 11.8. The minimum Gasteiger partial charge on any atom is -0.367 e. The molecular weight excluding hydrogens is 518 g/mol. The van der Waals surface area contributed by atoms with Crippen LogP contribution < -0.4 is 10.8 Å². The Balaban J connectivity index is 1.57. The van der Waals surface area contributed by atoms with Crippen LogP contribution in [0.1, 0.15) is 62.2 Å². The fourth-order valence-electron chi connectivity index (χ4n) is 5.49. The van der Waals surface area contributed by atoms with Crippen LogP contribution in [0, 0.1) is 11.8 Å². The summed E-state index contributed by atoms with van der Waals surface area (Å²) in [6.07, 6.45) is 4.62. The summed E-state index contributed by atoms with van der Waals surface area (Å²) in [7, 11) is 1.66. The van der Waals surface area contributed by atoms with Crippen LogP contribution in [0.25, 0.3) is 22.4 Å². The Morgan fingerprint density at radius 2 is 1.97 bits per heavy atom. The first-order valence-corrected chi connectivity index (χ1v) is 13.6. The lowest BCUT2D eigenvalue weighted by atomic mass is 9.83. The van der Waals surface area contributed by atoms with E-state index in [0.29, 0.717) is 33.9 Å². The summed E-state index contributed by atoms with van der Waals surface area (Å²) < 4.78 is 8.21. The van der Waals surface area contributed by atoms with Gasteiger partial charge in [0, 0.05) is 30.4 Å². The number of methoxy groups -OCH3 is 1. The topological polar surface area (TPSA) is 116 Å². The third-order valence-electron chi connectivity index (χ3n) is 7.54. The zero-order valence-electron chi connectivity index (χ0n) is 21.8. The molecule has 39 heavy (non-hydrogen) atoms. The van der Waals surface area contributed by atoms with Crippen molar-refractivity contribution in [3.63, 3.8) is 0 Å². The van der Waals surface area contributed by atoms with Gasteiger partial charge in [-0.1, -0.05) is 49.6 Å². The van der Waals surface area contributed by atoms with Gasteiger partial charge in [-0.05, 0) is 48.9 Å². The number of pyridine rings is 1. The molecule has 0 bridgehead atoms. The highest BCUT2D eigenvalue weighted by atomic mass is 35.5. The molecule has 1 aliphatic heterocycles. The van der Waals surface area contributed by atoms with E-state index < -0.39 is 18.4 Å². The highest BCUT2D eigenvalue weighted by Crippen LogP contribution is 2.36. The maximum Gasteiger partial charge on any atom is 0.427 e. The number of aromatic nitrogens is 5. The third-order valence-corrected chi connectivity index (χ3v) is 7.78. The fourth-order valence-corrected chi connectivity index (χ4v) is 5.68. The molecule has 0 spiro atoms. The van der Waals surface area contributed by atoms with E-state index in [1.54, 1.807) is 13.3 Å². The molecule has 4 heterocycles. The van der Waals surface area contributed by atoms with Gasteiger partial charge in [0.1, 0.15) is 17.0 Å². The normalized spacial score (nSPS) is 22.0. The molecule has 1 saturated heterocycles. The minimum absolute atomic E-state index is 0.331. The van der Waals surface area contributed by atoms with Crippen molar-refractivity contribution in [1.29, 1.82) is 0 Å². The Labute approximate surface area is 231 Å². The molecule has 2 aliphatic rings. The van der Waals surface area contributed by atoms with Gasteiger partial charge in [-0.3, -0.25) is 10.3 Å². The summed E-state index contributed by atoms with van der Waals surface area (Å²) in [5.74, 6) is 2.26. The van der Waals surface area contributed by atoms with Gasteiger partial charge in [-0.25, -0.2) is 19.7 Å². The van der Waals surface area contributed by atoms with E-state index >= 15 is 0 Å². The number of imidazole rings is 1. The Morgan fingerprint density at radius 3 is 2.67 bits per heavy atom. The molecule has 10 nitrogen and oxygen atoms in total. The smallest absolute Gasteiger partial charge is 0.367 e. The maximum absolute atomic E-state index is 11.8. The largest absolute Gasteiger partial charge is 0.427 e. The first kappa shape index (κ1) is 25.7. The molecule has 1 aromatic carbocycles. The number of carbonyl (C=O) groups excluding carboxylic acids is 1. The molecular formula is C28H30ClN7O3. The number of carbonyl (C=O) groups is 1. The quantitative estimate of drug-likeness (QED) is 0.318. The molecule has 1 amide bonds. The molecule has 0 radical (unpaired) electrons. The van der Waals surface area contributed by atoms with Crippen LogP contribution in [0.5, 0.6) is 0 Å². The number of hydrogen-bond donors (Lipinski definition) is 2. The summed E-state index contributed by atoms with van der Waals surface area (Å²) in [5.41, 5.74) is 6.17. The second-order valence-corrected chi connectivity index (χ2v) is 10.7. The lowest BCUT2D eigenvalue weighted by molar-refractivity contribution is 0.120. The van der Waals surface area contributed by atoms with Gasteiger partial charge in [-0.2, -0.15) is 0 Å². The van der Waals surface area contributed by atoms with Crippen LogP contribution in [0.3, 0.4) is 0 Å². The number of rotatable bonds is 7. The number of hydrogen-bond acceptors (Lipinski definition) is 8. The predicted molar refractivity (Wildman–Crippen MR) is 145 cm³/mol. The van der Waals surface area contributed by atoms with Crippen molar-refractivity contribution in [3.8, 4) is 11.3 Å². The van der Waals surface area contributed by atoms with Gasteiger partial charge >= 0.3 is 6.09 Å². The van der Waals surface area contributed by atoms with Crippen LogP contribution in [0.2, 0.25) is 5.02 Å². The van der Waals surface area contributed by atoms with Crippen LogP contribution in [0.4, 0.5) is 4.79 Å². The van der Waals surface area contributed by atoms with Gasteiger partial charge in [0.2, 0.25) is 0 Å². The summed E-state index contributed by atoms with van der Waals surface area (Å²) in [5, 5.41) is 3.27. The molecule has 1 saturated carbocycles. The number of ether oxygens (including phenoxy) is 1. The van der Waals surface area contributed by atoms with Gasteiger partial charge in [0.15, 0.2) is 23.7 Å². The van der Waals surface area contributed by atoms with Gasteiger partial charge in [0.05, 0.1) is 5.69 Å². The third kappa shape index (κ3) is 5.19. The first-order valence-electron chi connectivity index (χ1n) is 13.2. The van der Waals surface area contributed by atoms with Crippen molar-refractivity contribution < 1.29 is 14.4 Å². The van der Waals surface area contributed by atoms with E-state index in [1.165, 1.54) is 12.8 Å². The summed E-state index contributed by atoms with van der Waals surface area (Å²) in [4.78, 5) is 36.0. The van der Waals surface area contributed by atoms with Crippen molar-refractivity contribution in [2.24, 2.45) is 11.8 Å². The molecule has 2 unspecified atom stereocenters. The Morgan fingerprint density at radius 1 is 1.13 bits per heavy atom. The standard InChI is InChI=1S/C28H30ClN7O3/c1-16-9-11-17(12-10-16)15-36-22-21(18-6-5-7-19(29)14-18)31-25(26-34-28(37)39-35-26)32-24(22)33-27(36)23(38-2)20-8-3-4-13-30-20/h3-8,13-14,16-17,23,26,35H,9-12,15H2,1-2H3,(H,34,37). The van der Waals surface area contributed by atoms with Crippen LogP contribution in [0.15, 0.2) is 48.7 Å².